The highest BCUT2D eigenvalue weighted by molar-refractivity contribution is 5.68. The molecule has 0 unspecified atom stereocenters. The van der Waals surface area contributed by atoms with Gasteiger partial charge in [0.15, 0.2) is 0 Å². The molecule has 0 spiro atoms. The molecule has 3 heteroatoms. The Morgan fingerprint density at radius 3 is 3.00 bits per heavy atom. The Kier molecular flexibility index (Phi) is 1.72. The van der Waals surface area contributed by atoms with Gasteiger partial charge in [-0.2, -0.15) is 5.17 Å². The summed E-state index contributed by atoms with van der Waals surface area (Å²) in [7, 11) is 1.62. The molecule has 0 bridgehead atoms. The van der Waals surface area contributed by atoms with Gasteiger partial charge in [0.1, 0.15) is 0 Å². The van der Waals surface area contributed by atoms with Gasteiger partial charge in [-0.25, -0.2) is 0 Å². The molecule has 1 heterocycles. The molecular weight excluding hydrogens is 152 g/mol. The van der Waals surface area contributed by atoms with E-state index in [4.69, 9.17) is 4.84 Å². The van der Waals surface area contributed by atoms with Crippen LogP contribution in [0.1, 0.15) is 5.56 Å². The van der Waals surface area contributed by atoms with E-state index in [-0.39, 0.29) is 0 Å². The van der Waals surface area contributed by atoms with Gasteiger partial charge in [-0.1, -0.05) is 18.2 Å². The molecule has 0 fully saturated rings. The number of para-hydroxylation sites is 1. The Morgan fingerprint density at radius 2 is 2.17 bits per heavy atom. The lowest BCUT2D eigenvalue weighted by Gasteiger charge is -2.23. The molecule has 0 amide bonds. The minimum atomic E-state index is 1.06. The van der Waals surface area contributed by atoms with Crippen molar-refractivity contribution in [2.45, 2.75) is 0 Å². The molecule has 3 nitrogen and oxygen atoms in total. The summed E-state index contributed by atoms with van der Waals surface area (Å²) in [4.78, 5) is 4.98. The van der Waals surface area contributed by atoms with Crippen LogP contribution in [0, 0.1) is 0 Å². The predicted molar refractivity (Wildman–Crippen MR) is 47.9 cm³/mol. The summed E-state index contributed by atoms with van der Waals surface area (Å²) in [5.41, 5.74) is 5.30. The van der Waals surface area contributed by atoms with E-state index in [1.165, 1.54) is 5.56 Å². The van der Waals surface area contributed by atoms with E-state index in [0.717, 1.165) is 5.69 Å². The van der Waals surface area contributed by atoms with E-state index in [2.05, 4.69) is 5.43 Å². The lowest BCUT2D eigenvalue weighted by molar-refractivity contribution is -0.0653. The number of hydroxylamine groups is 1. The van der Waals surface area contributed by atoms with Crippen molar-refractivity contribution in [2.24, 2.45) is 0 Å². The molecule has 2 rings (SSSR count). The van der Waals surface area contributed by atoms with Crippen molar-refractivity contribution < 1.29 is 4.84 Å². The average Bonchev–Trinajstić information content (AvgIpc) is 2.17. The van der Waals surface area contributed by atoms with Crippen LogP contribution < -0.4 is 5.43 Å². The first-order valence-corrected chi connectivity index (χ1v) is 3.77. The monoisotopic (exact) mass is 162 g/mol. The Hall–Kier alpha value is -1.48. The topological polar surface area (TPSA) is 24.5 Å². The number of nitrogens with one attached hydrogen (secondary N) is 1. The second-order valence-electron chi connectivity index (χ2n) is 2.52. The van der Waals surface area contributed by atoms with E-state index >= 15 is 0 Å². The van der Waals surface area contributed by atoms with Gasteiger partial charge in [-0.3, -0.25) is 10.3 Å². The number of hydrazine groups is 1. The highest BCUT2D eigenvalue weighted by Gasteiger charge is 2.06. The third-order valence-corrected chi connectivity index (χ3v) is 1.78. The zero-order valence-corrected chi connectivity index (χ0v) is 6.82. The molecule has 12 heavy (non-hydrogen) atoms. The number of rotatable bonds is 1. The van der Waals surface area contributed by atoms with Gasteiger partial charge < -0.3 is 0 Å². The Balaban J connectivity index is 2.33. The number of hydrogen-bond donors (Lipinski definition) is 1. The average molecular weight is 162 g/mol. The van der Waals surface area contributed by atoms with Gasteiger partial charge in [0.05, 0.1) is 19.0 Å². The van der Waals surface area contributed by atoms with Crippen LogP contribution in [0.2, 0.25) is 0 Å². The highest BCUT2D eigenvalue weighted by Crippen LogP contribution is 2.21. The van der Waals surface area contributed by atoms with Crippen molar-refractivity contribution in [2.75, 3.05) is 12.5 Å². The summed E-state index contributed by atoms with van der Waals surface area (Å²) in [6.07, 6.45) is 3.83. The third-order valence-electron chi connectivity index (χ3n) is 1.78. The quantitative estimate of drug-likeness (QED) is 0.682. The Labute approximate surface area is 71.2 Å². The van der Waals surface area contributed by atoms with Gasteiger partial charge in [-0.05, 0) is 12.1 Å². The SMILES string of the molecule is CON1C=Cc2ccccc2N1. The first-order chi connectivity index (χ1) is 5.90. The third kappa shape index (κ3) is 1.14. The predicted octanol–water partition coefficient (Wildman–Crippen LogP) is 1.86. The van der Waals surface area contributed by atoms with Crippen molar-refractivity contribution in [3.8, 4) is 0 Å². The van der Waals surface area contributed by atoms with Crippen LogP contribution in [0.3, 0.4) is 0 Å². The highest BCUT2D eigenvalue weighted by atomic mass is 16.7. The first kappa shape index (κ1) is 7.18. The number of anilines is 1. The summed E-state index contributed by atoms with van der Waals surface area (Å²) in [6.45, 7) is 0. The van der Waals surface area contributed by atoms with Gasteiger partial charge in [-0.15, -0.1) is 0 Å². The van der Waals surface area contributed by atoms with E-state index in [1.807, 2.05) is 36.5 Å². The van der Waals surface area contributed by atoms with Crippen LogP contribution in [-0.4, -0.2) is 12.3 Å². The molecule has 0 radical (unpaired) electrons. The number of benzene rings is 1. The smallest absolute Gasteiger partial charge is 0.0661 e. The van der Waals surface area contributed by atoms with Crippen molar-refractivity contribution in [1.82, 2.24) is 5.17 Å². The zero-order valence-electron chi connectivity index (χ0n) is 6.82. The maximum absolute atomic E-state index is 4.98. The van der Waals surface area contributed by atoms with Gasteiger partial charge in [0, 0.05) is 5.56 Å². The van der Waals surface area contributed by atoms with Crippen LogP contribution in [0.4, 0.5) is 5.69 Å². The summed E-state index contributed by atoms with van der Waals surface area (Å²) in [5.74, 6) is 0. The largest absolute Gasteiger partial charge is 0.274 e. The maximum Gasteiger partial charge on any atom is 0.0661 e. The van der Waals surface area contributed by atoms with Crippen molar-refractivity contribution in [3.05, 3.63) is 36.0 Å². The molecule has 0 aliphatic carbocycles. The minimum Gasteiger partial charge on any atom is -0.274 e. The standard InChI is InChI=1S/C9H10N2O/c1-12-11-7-6-8-4-2-3-5-9(8)10-11/h2-7,10H,1H3. The number of nitrogens with zero attached hydrogens (tertiary/aromatic N) is 1. The van der Waals surface area contributed by atoms with Crippen LogP contribution in [0.5, 0.6) is 0 Å². The molecule has 1 aromatic rings. The van der Waals surface area contributed by atoms with Gasteiger partial charge >= 0.3 is 0 Å². The van der Waals surface area contributed by atoms with E-state index in [9.17, 15) is 0 Å². The number of hydrogen-bond acceptors (Lipinski definition) is 3. The molecule has 0 saturated carbocycles. The molecule has 1 N–H and O–H groups in total. The van der Waals surface area contributed by atoms with Crippen LogP contribution in [-0.2, 0) is 4.84 Å². The van der Waals surface area contributed by atoms with E-state index < -0.39 is 0 Å². The fourth-order valence-corrected chi connectivity index (χ4v) is 1.15. The number of fused-ring (bicyclic) bond motifs is 1. The van der Waals surface area contributed by atoms with Crippen LogP contribution >= 0.6 is 0 Å². The summed E-state index contributed by atoms with van der Waals surface area (Å²) in [5, 5.41) is 1.56. The lowest BCUT2D eigenvalue weighted by Crippen LogP contribution is -2.25. The Bertz CT molecular complexity index is 309. The van der Waals surface area contributed by atoms with Gasteiger partial charge in [0.2, 0.25) is 0 Å². The van der Waals surface area contributed by atoms with Gasteiger partial charge in [0.25, 0.3) is 0 Å². The van der Waals surface area contributed by atoms with Crippen molar-refractivity contribution in [3.63, 3.8) is 0 Å². The normalized spacial score (nSPS) is 13.9. The van der Waals surface area contributed by atoms with Crippen molar-refractivity contribution in [1.29, 1.82) is 0 Å². The molecule has 0 aromatic heterocycles. The summed E-state index contributed by atoms with van der Waals surface area (Å²) in [6, 6.07) is 8.04. The molecule has 0 saturated heterocycles. The zero-order chi connectivity index (χ0) is 8.39. The molecule has 1 aliphatic rings. The Morgan fingerprint density at radius 1 is 1.33 bits per heavy atom. The molecule has 62 valence electrons. The fourth-order valence-electron chi connectivity index (χ4n) is 1.15. The maximum atomic E-state index is 4.98. The summed E-state index contributed by atoms with van der Waals surface area (Å²) < 4.78 is 0. The lowest BCUT2D eigenvalue weighted by atomic mass is 10.1. The molecule has 1 aromatic carbocycles. The van der Waals surface area contributed by atoms with E-state index in [1.54, 1.807) is 12.3 Å². The molecule has 0 atom stereocenters. The first-order valence-electron chi connectivity index (χ1n) is 3.77. The minimum absolute atomic E-state index is 1.06. The summed E-state index contributed by atoms with van der Waals surface area (Å²) >= 11 is 0. The van der Waals surface area contributed by atoms with Crippen LogP contribution in [0.25, 0.3) is 6.08 Å². The molecule has 1 aliphatic heterocycles. The van der Waals surface area contributed by atoms with Crippen molar-refractivity contribution >= 4 is 11.8 Å². The van der Waals surface area contributed by atoms with E-state index in [0.29, 0.717) is 0 Å². The van der Waals surface area contributed by atoms with Crippen LogP contribution in [0.15, 0.2) is 30.5 Å². The second kappa shape index (κ2) is 2.87. The fraction of sp³-hybridized carbons (Fsp3) is 0.111. The molecular formula is C9H10N2O. The second-order valence-corrected chi connectivity index (χ2v) is 2.52.